The highest BCUT2D eigenvalue weighted by Crippen LogP contribution is 2.17. The van der Waals surface area contributed by atoms with E-state index in [1.54, 1.807) is 55.5 Å². The lowest BCUT2D eigenvalue weighted by molar-refractivity contribution is -0.150. The highest BCUT2D eigenvalue weighted by atomic mass is 16.6. The van der Waals surface area contributed by atoms with Gasteiger partial charge in [0.05, 0.1) is 13.2 Å². The van der Waals surface area contributed by atoms with Crippen LogP contribution >= 0.6 is 0 Å². The fraction of sp³-hybridized carbons (Fsp3) is 0.348. The molecule has 2 aromatic rings. The summed E-state index contributed by atoms with van der Waals surface area (Å²) in [7, 11) is 0. The number of hydrogen-bond donors (Lipinski definition) is 1. The molecule has 8 heteroatoms. The second-order valence-corrected chi connectivity index (χ2v) is 6.35. The molecular weight excluding hydrogens is 402 g/mol. The summed E-state index contributed by atoms with van der Waals surface area (Å²) in [5, 5.41) is 2.60. The van der Waals surface area contributed by atoms with Gasteiger partial charge in [0.1, 0.15) is 23.9 Å². The number of esters is 1. The van der Waals surface area contributed by atoms with E-state index >= 15 is 0 Å². The molecule has 0 aliphatic rings. The second-order valence-electron chi connectivity index (χ2n) is 6.35. The van der Waals surface area contributed by atoms with Crippen molar-refractivity contribution in [1.82, 2.24) is 5.32 Å². The van der Waals surface area contributed by atoms with E-state index in [4.69, 9.17) is 18.9 Å². The minimum atomic E-state index is -0.672. The predicted octanol–water partition coefficient (Wildman–Crippen LogP) is 2.80. The lowest BCUT2D eigenvalue weighted by atomic mass is 10.1. The van der Waals surface area contributed by atoms with Crippen LogP contribution in [-0.2, 0) is 14.3 Å². The van der Waals surface area contributed by atoms with Gasteiger partial charge in [-0.25, -0.2) is 4.79 Å². The summed E-state index contributed by atoms with van der Waals surface area (Å²) in [5.41, 5.74) is 0.584. The van der Waals surface area contributed by atoms with Crippen molar-refractivity contribution < 1.29 is 33.3 Å². The minimum Gasteiger partial charge on any atom is -0.494 e. The van der Waals surface area contributed by atoms with Crippen molar-refractivity contribution in [3.8, 4) is 17.2 Å². The van der Waals surface area contributed by atoms with Gasteiger partial charge in [0.25, 0.3) is 5.91 Å². The Morgan fingerprint density at radius 3 is 1.97 bits per heavy atom. The fourth-order valence-electron chi connectivity index (χ4n) is 2.48. The summed E-state index contributed by atoms with van der Waals surface area (Å²) in [6.07, 6.45) is 0.419. The molecule has 0 atom stereocenters. The van der Waals surface area contributed by atoms with Crippen LogP contribution in [0, 0.1) is 0 Å². The van der Waals surface area contributed by atoms with Crippen LogP contribution in [0.2, 0.25) is 0 Å². The quantitative estimate of drug-likeness (QED) is 0.297. The maximum atomic E-state index is 11.7. The standard InChI is InChI=1S/C23H27NO7/c1-3-21(25)17-5-7-20(8-6-17)30-16-23(27)31-15-22(26)24-13-14-29-19-11-9-18(10-12-19)28-4-2/h5-12H,3-4,13-16H2,1-2H3,(H,24,26). The Morgan fingerprint density at radius 2 is 1.35 bits per heavy atom. The Kier molecular flexibility index (Phi) is 9.87. The molecule has 0 spiro atoms. The Labute approximate surface area is 181 Å². The SMILES string of the molecule is CCOc1ccc(OCCNC(=O)COC(=O)COc2ccc(C(=O)CC)cc2)cc1. The normalized spacial score (nSPS) is 10.1. The Bertz CT molecular complexity index is 847. The van der Waals surface area contributed by atoms with E-state index < -0.39 is 18.5 Å². The van der Waals surface area contributed by atoms with E-state index in [9.17, 15) is 14.4 Å². The van der Waals surface area contributed by atoms with E-state index in [-0.39, 0.29) is 25.5 Å². The van der Waals surface area contributed by atoms with Gasteiger partial charge in [-0.15, -0.1) is 0 Å². The number of ketones is 1. The average Bonchev–Trinajstić information content (AvgIpc) is 2.80. The van der Waals surface area contributed by atoms with Gasteiger partial charge in [-0.2, -0.15) is 0 Å². The van der Waals surface area contributed by atoms with Crippen molar-refractivity contribution in [3.63, 3.8) is 0 Å². The van der Waals surface area contributed by atoms with Crippen molar-refractivity contribution in [2.24, 2.45) is 0 Å². The zero-order valence-corrected chi connectivity index (χ0v) is 17.7. The molecule has 166 valence electrons. The van der Waals surface area contributed by atoms with Gasteiger partial charge in [0.2, 0.25) is 0 Å². The maximum Gasteiger partial charge on any atom is 0.344 e. The van der Waals surface area contributed by atoms with Gasteiger partial charge in [0.15, 0.2) is 19.0 Å². The van der Waals surface area contributed by atoms with Crippen LogP contribution in [0.25, 0.3) is 0 Å². The molecule has 0 aromatic heterocycles. The van der Waals surface area contributed by atoms with Crippen molar-refractivity contribution in [2.45, 2.75) is 20.3 Å². The third-order valence-electron chi connectivity index (χ3n) is 4.05. The predicted molar refractivity (Wildman–Crippen MR) is 114 cm³/mol. The number of nitrogens with one attached hydrogen (secondary N) is 1. The molecule has 0 unspecified atom stereocenters. The van der Waals surface area contributed by atoms with Crippen LogP contribution in [0.1, 0.15) is 30.6 Å². The molecule has 0 radical (unpaired) electrons. The average molecular weight is 429 g/mol. The number of carbonyl (C=O) groups excluding carboxylic acids is 3. The summed E-state index contributed by atoms with van der Waals surface area (Å²) < 4.78 is 21.0. The number of benzene rings is 2. The molecule has 0 bridgehead atoms. The van der Waals surface area contributed by atoms with E-state index in [1.807, 2.05) is 6.92 Å². The molecule has 0 aliphatic carbocycles. The number of ether oxygens (including phenoxy) is 4. The Hall–Kier alpha value is -3.55. The summed E-state index contributed by atoms with van der Waals surface area (Å²) in [6, 6.07) is 13.6. The summed E-state index contributed by atoms with van der Waals surface area (Å²) in [4.78, 5) is 35.0. The molecule has 1 N–H and O–H groups in total. The molecule has 2 aromatic carbocycles. The molecule has 1 amide bonds. The third-order valence-corrected chi connectivity index (χ3v) is 4.05. The van der Waals surface area contributed by atoms with E-state index in [0.717, 1.165) is 5.75 Å². The Balaban J connectivity index is 1.58. The molecule has 31 heavy (non-hydrogen) atoms. The molecule has 2 rings (SSSR count). The summed E-state index contributed by atoms with van der Waals surface area (Å²) >= 11 is 0. The number of amides is 1. The van der Waals surface area contributed by atoms with Crippen molar-refractivity contribution in [3.05, 3.63) is 54.1 Å². The van der Waals surface area contributed by atoms with E-state index in [1.165, 1.54) is 0 Å². The number of carbonyl (C=O) groups is 3. The smallest absolute Gasteiger partial charge is 0.344 e. The second kappa shape index (κ2) is 12.9. The summed E-state index contributed by atoms with van der Waals surface area (Å²) in [5.74, 6) is 0.772. The van der Waals surface area contributed by atoms with E-state index in [0.29, 0.717) is 30.1 Å². The number of Topliss-reactive ketones (excluding diaryl/α,β-unsaturated/α-hetero) is 1. The van der Waals surface area contributed by atoms with Gasteiger partial charge in [-0.1, -0.05) is 6.92 Å². The first-order valence-electron chi connectivity index (χ1n) is 10.1. The van der Waals surface area contributed by atoms with Gasteiger partial charge < -0.3 is 24.3 Å². The van der Waals surface area contributed by atoms with Crippen LogP contribution in [-0.4, -0.2) is 50.6 Å². The highest BCUT2D eigenvalue weighted by molar-refractivity contribution is 5.95. The van der Waals surface area contributed by atoms with Crippen molar-refractivity contribution >= 4 is 17.7 Å². The Morgan fingerprint density at radius 1 is 0.774 bits per heavy atom. The first kappa shape index (κ1) is 23.7. The molecule has 8 nitrogen and oxygen atoms in total. The van der Waals surface area contributed by atoms with Gasteiger partial charge in [0, 0.05) is 12.0 Å². The topological polar surface area (TPSA) is 100 Å². The van der Waals surface area contributed by atoms with Gasteiger partial charge in [-0.05, 0) is 55.5 Å². The lowest BCUT2D eigenvalue weighted by Crippen LogP contribution is -2.32. The van der Waals surface area contributed by atoms with Crippen LogP contribution in [0.3, 0.4) is 0 Å². The maximum absolute atomic E-state index is 11.7. The molecule has 0 aliphatic heterocycles. The zero-order valence-electron chi connectivity index (χ0n) is 17.7. The largest absolute Gasteiger partial charge is 0.494 e. The first-order chi connectivity index (χ1) is 15.0. The van der Waals surface area contributed by atoms with Crippen molar-refractivity contribution in [2.75, 3.05) is 33.0 Å². The molecular formula is C23H27NO7. The zero-order chi connectivity index (χ0) is 22.5. The van der Waals surface area contributed by atoms with Crippen LogP contribution in [0.15, 0.2) is 48.5 Å². The molecule has 0 saturated heterocycles. The summed E-state index contributed by atoms with van der Waals surface area (Å²) in [6.45, 7) is 4.08. The monoisotopic (exact) mass is 429 g/mol. The molecule has 0 heterocycles. The van der Waals surface area contributed by atoms with Crippen LogP contribution < -0.4 is 19.5 Å². The first-order valence-corrected chi connectivity index (χ1v) is 10.1. The third kappa shape index (κ3) is 8.77. The minimum absolute atomic E-state index is 0.0295. The molecule has 0 fully saturated rings. The lowest BCUT2D eigenvalue weighted by Gasteiger charge is -2.10. The van der Waals surface area contributed by atoms with Crippen LogP contribution in [0.4, 0.5) is 0 Å². The van der Waals surface area contributed by atoms with Crippen LogP contribution in [0.5, 0.6) is 17.2 Å². The molecule has 0 saturated carbocycles. The number of hydrogen-bond acceptors (Lipinski definition) is 7. The number of rotatable bonds is 13. The van der Waals surface area contributed by atoms with Gasteiger partial charge >= 0.3 is 5.97 Å². The highest BCUT2D eigenvalue weighted by Gasteiger charge is 2.09. The van der Waals surface area contributed by atoms with Gasteiger partial charge in [-0.3, -0.25) is 9.59 Å². The fourth-order valence-corrected chi connectivity index (χ4v) is 2.48. The van der Waals surface area contributed by atoms with E-state index in [2.05, 4.69) is 5.32 Å². The van der Waals surface area contributed by atoms with Crippen molar-refractivity contribution in [1.29, 1.82) is 0 Å².